The molecule has 7 nitrogen and oxygen atoms in total. The van der Waals surface area contributed by atoms with E-state index in [1.165, 1.54) is 6.42 Å². The van der Waals surface area contributed by atoms with Crippen LogP contribution in [0.5, 0.6) is 0 Å². The lowest BCUT2D eigenvalue weighted by atomic mass is 10.1. The van der Waals surface area contributed by atoms with Crippen LogP contribution in [0.2, 0.25) is 0 Å². The molecule has 22 heavy (non-hydrogen) atoms. The zero-order valence-electron chi connectivity index (χ0n) is 12.7. The van der Waals surface area contributed by atoms with E-state index in [9.17, 15) is 19.2 Å². The molecule has 3 amide bonds. The summed E-state index contributed by atoms with van der Waals surface area (Å²) in [6.07, 6.45) is 5.14. The van der Waals surface area contributed by atoms with Crippen molar-refractivity contribution in [1.29, 1.82) is 0 Å². The van der Waals surface area contributed by atoms with Gasteiger partial charge in [0.15, 0.2) is 0 Å². The topological polar surface area (TPSA) is 84.0 Å². The largest absolute Gasteiger partial charge is 0.343 e. The van der Waals surface area contributed by atoms with E-state index in [-0.39, 0.29) is 25.2 Å². The summed E-state index contributed by atoms with van der Waals surface area (Å²) in [4.78, 5) is 52.7. The first-order valence-corrected chi connectivity index (χ1v) is 7.92. The average Bonchev–Trinajstić information content (AvgIpc) is 2.84. The van der Waals surface area contributed by atoms with E-state index in [4.69, 9.17) is 4.84 Å². The first-order valence-electron chi connectivity index (χ1n) is 7.92. The molecule has 0 unspecified atom stereocenters. The Bertz CT molecular complexity index is 441. The van der Waals surface area contributed by atoms with Crippen LogP contribution < -0.4 is 0 Å². The van der Waals surface area contributed by atoms with Crippen LogP contribution in [0.3, 0.4) is 0 Å². The summed E-state index contributed by atoms with van der Waals surface area (Å²) in [5, 5.41) is 0.557. The highest BCUT2D eigenvalue weighted by atomic mass is 16.7. The van der Waals surface area contributed by atoms with Crippen molar-refractivity contribution >= 4 is 23.7 Å². The lowest BCUT2D eigenvalue weighted by Gasteiger charge is -2.26. The van der Waals surface area contributed by atoms with Gasteiger partial charge >= 0.3 is 5.97 Å². The molecule has 2 saturated heterocycles. The van der Waals surface area contributed by atoms with E-state index in [2.05, 4.69) is 0 Å². The van der Waals surface area contributed by atoms with Crippen LogP contribution in [0.1, 0.15) is 57.8 Å². The van der Waals surface area contributed by atoms with Crippen LogP contribution >= 0.6 is 0 Å². The molecule has 2 fully saturated rings. The molecule has 7 heteroatoms. The van der Waals surface area contributed by atoms with Crippen molar-refractivity contribution in [3.8, 4) is 0 Å². The lowest BCUT2D eigenvalue weighted by Crippen LogP contribution is -2.35. The molecule has 0 atom stereocenters. The van der Waals surface area contributed by atoms with E-state index in [0.29, 0.717) is 24.3 Å². The smallest absolute Gasteiger partial charge is 0.333 e. The minimum Gasteiger partial charge on any atom is -0.343 e. The molecule has 0 aromatic heterocycles. The average molecular weight is 310 g/mol. The Morgan fingerprint density at radius 2 is 1.50 bits per heavy atom. The summed E-state index contributed by atoms with van der Waals surface area (Å²) in [5.74, 6) is -1.41. The van der Waals surface area contributed by atoms with Crippen molar-refractivity contribution in [3.63, 3.8) is 0 Å². The van der Waals surface area contributed by atoms with Gasteiger partial charge in [0.05, 0.1) is 0 Å². The minimum absolute atomic E-state index is 0.0937. The molecule has 122 valence electrons. The fourth-order valence-electron chi connectivity index (χ4n) is 2.65. The molecule has 2 aliphatic heterocycles. The quantitative estimate of drug-likeness (QED) is 0.543. The van der Waals surface area contributed by atoms with Crippen LogP contribution in [0.4, 0.5) is 0 Å². The monoisotopic (exact) mass is 310 g/mol. The number of likely N-dealkylation sites (tertiary alicyclic amines) is 1. The van der Waals surface area contributed by atoms with Gasteiger partial charge in [0.25, 0.3) is 11.8 Å². The predicted octanol–water partition coefficient (Wildman–Crippen LogP) is 1.17. The fourth-order valence-corrected chi connectivity index (χ4v) is 2.65. The summed E-state index contributed by atoms with van der Waals surface area (Å²) in [5.41, 5.74) is 0. The third-order valence-electron chi connectivity index (χ3n) is 3.93. The highest BCUT2D eigenvalue weighted by Gasteiger charge is 2.32. The first-order chi connectivity index (χ1) is 10.6. The molecule has 0 radical (unpaired) electrons. The maximum Gasteiger partial charge on any atom is 0.333 e. The van der Waals surface area contributed by atoms with Gasteiger partial charge in [-0.25, -0.2) is 4.79 Å². The lowest BCUT2D eigenvalue weighted by molar-refractivity contribution is -0.197. The summed E-state index contributed by atoms with van der Waals surface area (Å²) in [7, 11) is 0. The third kappa shape index (κ3) is 4.54. The number of carbonyl (C=O) groups excluding carboxylic acids is 4. The van der Waals surface area contributed by atoms with Crippen LogP contribution in [0.15, 0.2) is 0 Å². The summed E-state index contributed by atoms with van der Waals surface area (Å²) < 4.78 is 0. The van der Waals surface area contributed by atoms with Gasteiger partial charge in [-0.3, -0.25) is 14.4 Å². The number of piperidine rings is 1. The molecule has 2 aliphatic rings. The van der Waals surface area contributed by atoms with Crippen molar-refractivity contribution in [2.24, 2.45) is 0 Å². The van der Waals surface area contributed by atoms with Gasteiger partial charge in [-0.15, -0.1) is 5.06 Å². The fraction of sp³-hybridized carbons (Fsp3) is 0.733. The van der Waals surface area contributed by atoms with Crippen LogP contribution in [-0.4, -0.2) is 46.7 Å². The molecule has 0 saturated carbocycles. The molecular formula is C15H22N2O5. The Balaban J connectivity index is 1.59. The van der Waals surface area contributed by atoms with Gasteiger partial charge in [-0.05, 0) is 32.1 Å². The molecule has 0 bridgehead atoms. The molecule has 0 aliphatic carbocycles. The van der Waals surface area contributed by atoms with E-state index in [1.54, 1.807) is 0 Å². The van der Waals surface area contributed by atoms with Gasteiger partial charge in [0, 0.05) is 38.8 Å². The molecule has 0 N–H and O–H groups in total. The molecule has 0 aromatic rings. The van der Waals surface area contributed by atoms with Gasteiger partial charge < -0.3 is 9.74 Å². The standard InChI is InChI=1S/C15H22N2O5/c18-12(16-10-4-1-5-11-16)6-2-3-7-15(21)22-17-13(19)8-9-14(17)20/h1-11H2. The molecule has 2 rings (SSSR count). The van der Waals surface area contributed by atoms with Crippen molar-refractivity contribution in [1.82, 2.24) is 9.96 Å². The Morgan fingerprint density at radius 1 is 0.909 bits per heavy atom. The summed E-state index contributed by atoms with van der Waals surface area (Å²) >= 11 is 0. The van der Waals surface area contributed by atoms with Crippen molar-refractivity contribution < 1.29 is 24.0 Å². The number of rotatable bonds is 6. The van der Waals surface area contributed by atoms with Crippen molar-refractivity contribution in [2.45, 2.75) is 57.8 Å². The van der Waals surface area contributed by atoms with Crippen LogP contribution in [0.25, 0.3) is 0 Å². The van der Waals surface area contributed by atoms with Crippen molar-refractivity contribution in [3.05, 3.63) is 0 Å². The van der Waals surface area contributed by atoms with Gasteiger partial charge in [0.2, 0.25) is 5.91 Å². The molecule has 0 aromatic carbocycles. The van der Waals surface area contributed by atoms with Crippen LogP contribution in [0, 0.1) is 0 Å². The normalized spacial score (nSPS) is 18.7. The first kappa shape index (κ1) is 16.5. The number of hydrogen-bond acceptors (Lipinski definition) is 5. The Labute approximate surface area is 129 Å². The van der Waals surface area contributed by atoms with E-state index in [0.717, 1.165) is 25.9 Å². The molecular weight excluding hydrogens is 288 g/mol. The zero-order chi connectivity index (χ0) is 15.9. The predicted molar refractivity (Wildman–Crippen MR) is 76.1 cm³/mol. The number of imide groups is 1. The van der Waals surface area contributed by atoms with Crippen LogP contribution in [-0.2, 0) is 24.0 Å². The highest BCUT2D eigenvalue weighted by Crippen LogP contribution is 2.14. The maximum absolute atomic E-state index is 11.9. The van der Waals surface area contributed by atoms with Gasteiger partial charge in [-0.1, -0.05) is 0 Å². The van der Waals surface area contributed by atoms with E-state index < -0.39 is 17.8 Å². The number of amides is 3. The number of unbranched alkanes of at least 4 members (excludes halogenated alkanes) is 1. The summed E-state index contributed by atoms with van der Waals surface area (Å²) in [6.45, 7) is 1.67. The second kappa shape index (κ2) is 7.91. The Morgan fingerprint density at radius 3 is 2.14 bits per heavy atom. The molecule has 2 heterocycles. The summed E-state index contributed by atoms with van der Waals surface area (Å²) in [6, 6.07) is 0. The second-order valence-corrected chi connectivity index (χ2v) is 5.69. The van der Waals surface area contributed by atoms with E-state index >= 15 is 0 Å². The van der Waals surface area contributed by atoms with E-state index in [1.807, 2.05) is 4.90 Å². The number of hydroxylamine groups is 2. The number of hydrogen-bond donors (Lipinski definition) is 0. The van der Waals surface area contributed by atoms with Gasteiger partial charge in [-0.2, -0.15) is 0 Å². The Kier molecular flexibility index (Phi) is 5.91. The SMILES string of the molecule is O=C(CCCCC(=O)N1CCCCC1)ON1C(=O)CCC1=O. The zero-order valence-corrected chi connectivity index (χ0v) is 12.7. The highest BCUT2D eigenvalue weighted by molar-refractivity contribution is 6.01. The number of nitrogens with zero attached hydrogens (tertiary/aromatic N) is 2. The van der Waals surface area contributed by atoms with Crippen molar-refractivity contribution in [2.75, 3.05) is 13.1 Å². The van der Waals surface area contributed by atoms with Gasteiger partial charge in [0.1, 0.15) is 0 Å². The number of carbonyl (C=O) groups is 4. The molecule has 0 spiro atoms. The Hall–Kier alpha value is -1.92. The second-order valence-electron chi connectivity index (χ2n) is 5.69. The maximum atomic E-state index is 11.9. The minimum atomic E-state index is -0.603. The third-order valence-corrected chi connectivity index (χ3v) is 3.93.